The predicted molar refractivity (Wildman–Crippen MR) is 116 cm³/mol. The minimum absolute atomic E-state index is 0.00624. The van der Waals surface area contributed by atoms with Crippen molar-refractivity contribution in [1.29, 1.82) is 5.26 Å². The van der Waals surface area contributed by atoms with E-state index >= 15 is 0 Å². The molecule has 174 valence electrons. The van der Waals surface area contributed by atoms with Crippen LogP contribution in [0.25, 0.3) is 22.1 Å². The highest BCUT2D eigenvalue weighted by atomic mass is 19.4. The Hall–Kier alpha value is -4.65. The van der Waals surface area contributed by atoms with Gasteiger partial charge >= 0.3 is 11.8 Å². The van der Waals surface area contributed by atoms with Crippen LogP contribution in [0.4, 0.5) is 17.6 Å². The molecule has 0 amide bonds. The molecule has 0 fully saturated rings. The number of alkyl halides is 3. The number of hydrogen-bond donors (Lipinski definition) is 1. The number of halogens is 4. The van der Waals surface area contributed by atoms with Gasteiger partial charge in [-0.1, -0.05) is 30.3 Å². The van der Waals surface area contributed by atoms with Crippen LogP contribution in [0.1, 0.15) is 22.7 Å². The molecule has 1 unspecified atom stereocenters. The molecule has 10 heteroatoms. The van der Waals surface area contributed by atoms with E-state index in [0.29, 0.717) is 16.7 Å². The molecule has 0 aliphatic carbocycles. The van der Waals surface area contributed by atoms with E-state index in [0.717, 1.165) is 24.4 Å². The van der Waals surface area contributed by atoms with Gasteiger partial charge < -0.3 is 14.9 Å². The number of nitrogens with zero attached hydrogens (tertiary/aromatic N) is 2. The van der Waals surface area contributed by atoms with Gasteiger partial charge in [0.2, 0.25) is 5.88 Å². The number of nitriles is 1. The summed E-state index contributed by atoms with van der Waals surface area (Å²) in [6.07, 6.45) is -3.44. The molecule has 2 aromatic heterocycles. The zero-order valence-electron chi connectivity index (χ0n) is 17.6. The summed E-state index contributed by atoms with van der Waals surface area (Å²) in [5.41, 5.74) is 5.71. The largest absolute Gasteiger partial charge is 0.439 e. The van der Waals surface area contributed by atoms with Crippen molar-refractivity contribution in [2.45, 2.75) is 12.1 Å². The number of benzene rings is 2. The molecule has 0 saturated heterocycles. The number of allylic oxidation sites excluding steroid dienone is 1. The van der Waals surface area contributed by atoms with E-state index < -0.39 is 29.2 Å². The van der Waals surface area contributed by atoms with E-state index in [1.54, 1.807) is 24.3 Å². The quantitative estimate of drug-likeness (QED) is 0.312. The molecule has 2 aromatic carbocycles. The minimum Gasteiger partial charge on any atom is -0.439 e. The Morgan fingerprint density at radius 1 is 1.03 bits per heavy atom. The maximum Gasteiger partial charge on any atom is 0.433 e. The van der Waals surface area contributed by atoms with Crippen LogP contribution in [0.5, 0.6) is 5.75 Å². The number of ether oxygens (including phenoxy) is 1. The van der Waals surface area contributed by atoms with E-state index in [1.807, 2.05) is 6.07 Å². The van der Waals surface area contributed by atoms with Crippen LogP contribution < -0.4 is 16.1 Å². The van der Waals surface area contributed by atoms with E-state index in [4.69, 9.17) is 14.9 Å². The molecule has 4 aromatic rings. The Bertz CT molecular complexity index is 1600. The van der Waals surface area contributed by atoms with Gasteiger partial charge in [0, 0.05) is 11.8 Å². The van der Waals surface area contributed by atoms with E-state index in [-0.39, 0.29) is 33.7 Å². The second-order valence-electron chi connectivity index (χ2n) is 7.75. The number of rotatable bonds is 2. The topological polar surface area (TPSA) is 102 Å². The lowest BCUT2D eigenvalue weighted by Crippen LogP contribution is -2.26. The SMILES string of the molecule is N#CC1=C(N)Oc2c(c(=O)oc3ccc(F)cc23)C1c1ccc(-c2ccc(C(F)(F)F)nc2)cc1. The molecule has 0 saturated carbocycles. The fourth-order valence-electron chi connectivity index (χ4n) is 4.03. The molecule has 0 radical (unpaired) electrons. The second-order valence-corrected chi connectivity index (χ2v) is 7.75. The number of pyridine rings is 1. The molecule has 6 nitrogen and oxygen atoms in total. The summed E-state index contributed by atoms with van der Waals surface area (Å²) in [6, 6.07) is 14.1. The third-order valence-corrected chi connectivity index (χ3v) is 5.66. The monoisotopic (exact) mass is 479 g/mol. The van der Waals surface area contributed by atoms with Gasteiger partial charge in [-0.05, 0) is 35.4 Å². The van der Waals surface area contributed by atoms with Crippen molar-refractivity contribution in [3.63, 3.8) is 0 Å². The average molecular weight is 479 g/mol. The average Bonchev–Trinajstić information content (AvgIpc) is 2.83. The third kappa shape index (κ3) is 3.77. The van der Waals surface area contributed by atoms with Gasteiger partial charge in [0.15, 0.2) is 5.75 Å². The van der Waals surface area contributed by atoms with Crippen LogP contribution >= 0.6 is 0 Å². The highest BCUT2D eigenvalue weighted by Crippen LogP contribution is 2.44. The lowest BCUT2D eigenvalue weighted by molar-refractivity contribution is -0.141. The minimum atomic E-state index is -4.55. The standard InChI is InChI=1S/C25H13F4N3O3/c26-15-6-7-18-16(9-15)22-21(24(33)34-18)20(17(10-30)23(31)35-22)13-3-1-12(2-4-13)14-5-8-19(32-11-14)25(27,28)29/h1-9,11,20H,31H2. The Kier molecular flexibility index (Phi) is 5.06. The summed E-state index contributed by atoms with van der Waals surface area (Å²) in [5, 5.41) is 9.91. The number of aromatic nitrogens is 1. The van der Waals surface area contributed by atoms with Crippen molar-refractivity contribution >= 4 is 11.0 Å². The van der Waals surface area contributed by atoms with Gasteiger partial charge in [-0.25, -0.2) is 9.18 Å². The zero-order chi connectivity index (χ0) is 24.9. The van der Waals surface area contributed by atoms with Gasteiger partial charge in [0.25, 0.3) is 0 Å². The molecule has 0 spiro atoms. The molecule has 1 aliphatic heterocycles. The summed E-state index contributed by atoms with van der Waals surface area (Å²) < 4.78 is 63.2. The van der Waals surface area contributed by atoms with Gasteiger partial charge in [-0.3, -0.25) is 4.98 Å². The molecule has 1 atom stereocenters. The van der Waals surface area contributed by atoms with Crippen molar-refractivity contribution in [2.24, 2.45) is 5.73 Å². The fourth-order valence-corrected chi connectivity index (χ4v) is 4.03. The molecular weight excluding hydrogens is 466 g/mol. The van der Waals surface area contributed by atoms with Crippen LogP contribution in [-0.2, 0) is 6.18 Å². The fraction of sp³-hybridized carbons (Fsp3) is 0.0800. The van der Waals surface area contributed by atoms with Crippen LogP contribution in [0, 0.1) is 17.1 Å². The number of fused-ring (bicyclic) bond motifs is 3. The van der Waals surface area contributed by atoms with E-state index in [1.165, 1.54) is 12.1 Å². The molecule has 2 N–H and O–H groups in total. The van der Waals surface area contributed by atoms with Gasteiger partial charge in [-0.15, -0.1) is 0 Å². The Morgan fingerprint density at radius 2 is 1.74 bits per heavy atom. The highest BCUT2D eigenvalue weighted by molar-refractivity contribution is 5.86. The summed E-state index contributed by atoms with van der Waals surface area (Å²) in [7, 11) is 0. The smallest absolute Gasteiger partial charge is 0.433 e. The van der Waals surface area contributed by atoms with Crippen molar-refractivity contribution in [2.75, 3.05) is 0 Å². The summed E-state index contributed by atoms with van der Waals surface area (Å²) >= 11 is 0. The van der Waals surface area contributed by atoms with Crippen molar-refractivity contribution in [1.82, 2.24) is 4.98 Å². The lowest BCUT2D eigenvalue weighted by Gasteiger charge is -2.26. The first kappa shape index (κ1) is 22.2. The van der Waals surface area contributed by atoms with E-state index in [9.17, 15) is 27.6 Å². The molecule has 5 rings (SSSR count). The molecule has 35 heavy (non-hydrogen) atoms. The summed E-state index contributed by atoms with van der Waals surface area (Å²) in [5.74, 6) is -1.80. The first-order chi connectivity index (χ1) is 16.7. The molecule has 3 heterocycles. The van der Waals surface area contributed by atoms with Crippen LogP contribution in [0.2, 0.25) is 0 Å². The Balaban J connectivity index is 1.62. The third-order valence-electron chi connectivity index (χ3n) is 5.66. The molecule has 0 bridgehead atoms. The lowest BCUT2D eigenvalue weighted by atomic mass is 9.83. The van der Waals surface area contributed by atoms with Crippen LogP contribution in [-0.4, -0.2) is 4.98 Å². The molecule has 1 aliphatic rings. The molecular formula is C25H13F4N3O3. The van der Waals surface area contributed by atoms with Crippen LogP contribution in [0.15, 0.2) is 81.5 Å². The maximum absolute atomic E-state index is 13.9. The zero-order valence-corrected chi connectivity index (χ0v) is 17.6. The number of hydrogen-bond acceptors (Lipinski definition) is 6. The Morgan fingerprint density at radius 3 is 2.37 bits per heavy atom. The van der Waals surface area contributed by atoms with Crippen molar-refractivity contribution in [3.05, 3.63) is 105 Å². The highest BCUT2D eigenvalue weighted by Gasteiger charge is 2.36. The second kappa shape index (κ2) is 7.99. The first-order valence-electron chi connectivity index (χ1n) is 10.1. The van der Waals surface area contributed by atoms with Crippen molar-refractivity contribution < 1.29 is 26.7 Å². The van der Waals surface area contributed by atoms with Crippen molar-refractivity contribution in [3.8, 4) is 22.9 Å². The summed E-state index contributed by atoms with van der Waals surface area (Å²) in [6.45, 7) is 0. The number of nitrogens with two attached hydrogens (primary N) is 1. The maximum atomic E-state index is 13.9. The van der Waals surface area contributed by atoms with Gasteiger partial charge in [0.05, 0.1) is 16.9 Å². The Labute approximate surface area is 194 Å². The normalized spacial score (nSPS) is 15.5. The first-order valence-corrected chi connectivity index (χ1v) is 10.1. The van der Waals surface area contributed by atoms with Gasteiger partial charge in [-0.2, -0.15) is 18.4 Å². The predicted octanol–water partition coefficient (Wildman–Crippen LogP) is 5.23. The van der Waals surface area contributed by atoms with E-state index in [2.05, 4.69) is 4.98 Å². The summed E-state index contributed by atoms with van der Waals surface area (Å²) in [4.78, 5) is 16.4. The van der Waals surface area contributed by atoms with Gasteiger partial charge in [0.1, 0.15) is 28.7 Å². The van der Waals surface area contributed by atoms with Crippen LogP contribution in [0.3, 0.4) is 0 Å².